The third-order valence-electron chi connectivity index (χ3n) is 3.97. The molecule has 0 radical (unpaired) electrons. The number of anilines is 2. The van der Waals surface area contributed by atoms with Crippen LogP contribution in [0.3, 0.4) is 0 Å². The van der Waals surface area contributed by atoms with Gasteiger partial charge in [0, 0.05) is 11.1 Å². The quantitative estimate of drug-likeness (QED) is 0.760. The van der Waals surface area contributed by atoms with Crippen molar-refractivity contribution >= 4 is 28.3 Å². The lowest BCUT2D eigenvalue weighted by molar-refractivity contribution is -0.114. The molecular formula is C19H19FN4O. The zero-order valence-corrected chi connectivity index (χ0v) is 14.4. The number of amides is 1. The van der Waals surface area contributed by atoms with Crippen molar-refractivity contribution in [3.63, 3.8) is 0 Å². The van der Waals surface area contributed by atoms with Gasteiger partial charge in [-0.15, -0.1) is 0 Å². The Morgan fingerprint density at radius 3 is 2.56 bits per heavy atom. The Labute approximate surface area is 145 Å². The van der Waals surface area contributed by atoms with Crippen LogP contribution in [0.15, 0.2) is 36.7 Å². The van der Waals surface area contributed by atoms with Crippen LogP contribution in [0, 0.1) is 26.6 Å². The summed E-state index contributed by atoms with van der Waals surface area (Å²) in [7, 11) is 0. The molecular weight excluding hydrogens is 319 g/mol. The van der Waals surface area contributed by atoms with E-state index in [0.29, 0.717) is 11.2 Å². The van der Waals surface area contributed by atoms with Crippen molar-refractivity contribution in [1.29, 1.82) is 0 Å². The van der Waals surface area contributed by atoms with Crippen molar-refractivity contribution in [3.05, 3.63) is 59.2 Å². The molecule has 3 rings (SSSR count). The van der Waals surface area contributed by atoms with E-state index in [1.807, 2.05) is 32.9 Å². The largest absolute Gasteiger partial charge is 0.360 e. The summed E-state index contributed by atoms with van der Waals surface area (Å²) >= 11 is 0. The molecule has 5 nitrogen and oxygen atoms in total. The Morgan fingerprint density at radius 1 is 1.12 bits per heavy atom. The number of aryl methyl sites for hydroxylation is 3. The van der Waals surface area contributed by atoms with Gasteiger partial charge in [0.25, 0.3) is 0 Å². The van der Waals surface area contributed by atoms with Crippen molar-refractivity contribution < 1.29 is 9.18 Å². The summed E-state index contributed by atoms with van der Waals surface area (Å²) in [5.41, 5.74) is 4.23. The molecule has 25 heavy (non-hydrogen) atoms. The van der Waals surface area contributed by atoms with Gasteiger partial charge in [-0.2, -0.15) is 0 Å². The third-order valence-corrected chi connectivity index (χ3v) is 3.97. The maximum Gasteiger partial charge on any atom is 0.243 e. The van der Waals surface area contributed by atoms with E-state index in [2.05, 4.69) is 20.6 Å². The Kier molecular flexibility index (Phi) is 4.61. The lowest BCUT2D eigenvalue weighted by atomic mass is 10.1. The highest BCUT2D eigenvalue weighted by atomic mass is 19.1. The average Bonchev–Trinajstić information content (AvgIpc) is 2.56. The minimum atomic E-state index is -0.418. The van der Waals surface area contributed by atoms with Gasteiger partial charge in [-0.25, -0.2) is 14.4 Å². The molecule has 6 heteroatoms. The van der Waals surface area contributed by atoms with E-state index in [1.165, 1.54) is 12.4 Å². The number of nitrogens with zero attached hydrogens (tertiary/aromatic N) is 2. The molecule has 128 valence electrons. The normalized spacial score (nSPS) is 10.7. The van der Waals surface area contributed by atoms with Crippen LogP contribution in [0.5, 0.6) is 0 Å². The van der Waals surface area contributed by atoms with Crippen molar-refractivity contribution in [3.8, 4) is 0 Å². The minimum Gasteiger partial charge on any atom is -0.360 e. The Morgan fingerprint density at radius 2 is 1.84 bits per heavy atom. The van der Waals surface area contributed by atoms with E-state index >= 15 is 0 Å². The molecule has 0 fully saturated rings. The summed E-state index contributed by atoms with van der Waals surface area (Å²) in [5.74, 6) is -0.187. The van der Waals surface area contributed by atoms with Crippen LogP contribution < -0.4 is 10.6 Å². The van der Waals surface area contributed by atoms with Crippen LogP contribution in [0.1, 0.15) is 16.7 Å². The first-order chi connectivity index (χ1) is 12.0. The maximum atomic E-state index is 13.8. The first kappa shape index (κ1) is 16.8. The molecule has 0 aliphatic carbocycles. The van der Waals surface area contributed by atoms with Gasteiger partial charge in [0.05, 0.1) is 6.54 Å². The smallest absolute Gasteiger partial charge is 0.243 e. The minimum absolute atomic E-state index is 0.0232. The van der Waals surface area contributed by atoms with Gasteiger partial charge in [0.2, 0.25) is 5.91 Å². The van der Waals surface area contributed by atoms with Crippen molar-refractivity contribution in [2.45, 2.75) is 20.8 Å². The van der Waals surface area contributed by atoms with E-state index in [-0.39, 0.29) is 18.0 Å². The highest BCUT2D eigenvalue weighted by Gasteiger charge is 2.11. The summed E-state index contributed by atoms with van der Waals surface area (Å²) in [4.78, 5) is 20.3. The van der Waals surface area contributed by atoms with Crippen LogP contribution in [0.4, 0.5) is 15.9 Å². The van der Waals surface area contributed by atoms with E-state index in [9.17, 15) is 9.18 Å². The summed E-state index contributed by atoms with van der Waals surface area (Å²) in [6.45, 7) is 5.97. The second-order valence-corrected chi connectivity index (χ2v) is 6.03. The van der Waals surface area contributed by atoms with Crippen LogP contribution >= 0.6 is 0 Å². The molecule has 1 heterocycles. The highest BCUT2D eigenvalue weighted by Crippen LogP contribution is 2.23. The predicted molar refractivity (Wildman–Crippen MR) is 97.3 cm³/mol. The Bertz CT molecular complexity index is 932. The van der Waals surface area contributed by atoms with Gasteiger partial charge in [-0.05, 0) is 44.0 Å². The van der Waals surface area contributed by atoms with Gasteiger partial charge in [-0.3, -0.25) is 4.79 Å². The molecule has 0 unspecified atom stereocenters. The number of carbonyl (C=O) groups is 1. The van der Waals surface area contributed by atoms with E-state index in [1.54, 1.807) is 12.1 Å². The second-order valence-electron chi connectivity index (χ2n) is 6.03. The lowest BCUT2D eigenvalue weighted by Crippen LogP contribution is -2.23. The summed E-state index contributed by atoms with van der Waals surface area (Å²) < 4.78 is 13.8. The van der Waals surface area contributed by atoms with Crippen molar-refractivity contribution in [1.82, 2.24) is 9.97 Å². The fourth-order valence-corrected chi connectivity index (χ4v) is 2.92. The fourth-order valence-electron chi connectivity index (χ4n) is 2.92. The maximum absolute atomic E-state index is 13.8. The van der Waals surface area contributed by atoms with E-state index < -0.39 is 5.82 Å². The van der Waals surface area contributed by atoms with Crippen LogP contribution in [0.2, 0.25) is 0 Å². The third kappa shape index (κ3) is 3.57. The number of hydrogen-bond acceptors (Lipinski definition) is 4. The van der Waals surface area contributed by atoms with Crippen LogP contribution in [0.25, 0.3) is 10.9 Å². The molecule has 0 saturated carbocycles. The highest BCUT2D eigenvalue weighted by molar-refractivity contribution is 5.97. The zero-order chi connectivity index (χ0) is 18.0. The van der Waals surface area contributed by atoms with Gasteiger partial charge in [-0.1, -0.05) is 23.8 Å². The fraction of sp³-hybridized carbons (Fsp3) is 0.211. The molecule has 3 aromatic rings. The molecule has 0 spiro atoms. The molecule has 2 aromatic carbocycles. The molecule has 2 N–H and O–H groups in total. The summed E-state index contributed by atoms with van der Waals surface area (Å²) in [6.07, 6.45) is 1.28. The van der Waals surface area contributed by atoms with Gasteiger partial charge in [0.1, 0.15) is 23.5 Å². The first-order valence-corrected chi connectivity index (χ1v) is 7.96. The topological polar surface area (TPSA) is 66.9 Å². The Balaban J connectivity index is 1.75. The van der Waals surface area contributed by atoms with Crippen LogP contribution in [-0.4, -0.2) is 22.4 Å². The average molecular weight is 338 g/mol. The van der Waals surface area contributed by atoms with E-state index in [4.69, 9.17) is 0 Å². The lowest BCUT2D eigenvalue weighted by Gasteiger charge is -2.13. The number of rotatable bonds is 4. The van der Waals surface area contributed by atoms with Crippen molar-refractivity contribution in [2.75, 3.05) is 17.2 Å². The van der Waals surface area contributed by atoms with Gasteiger partial charge < -0.3 is 10.6 Å². The SMILES string of the molecule is Cc1cc(C)c(NC(=O)CNc2ncnc3c(F)cccc23)c(C)c1. The number of benzene rings is 2. The predicted octanol–water partition coefficient (Wildman–Crippen LogP) is 3.74. The molecule has 0 saturated heterocycles. The van der Waals surface area contributed by atoms with Gasteiger partial charge in [0.15, 0.2) is 0 Å². The number of aromatic nitrogens is 2. The number of hydrogen-bond donors (Lipinski definition) is 2. The van der Waals surface area contributed by atoms with Crippen LogP contribution in [-0.2, 0) is 4.79 Å². The molecule has 0 bridgehead atoms. The first-order valence-electron chi connectivity index (χ1n) is 7.96. The molecule has 1 aromatic heterocycles. The monoisotopic (exact) mass is 338 g/mol. The summed E-state index contributed by atoms with van der Waals surface area (Å²) in [5, 5.41) is 6.41. The molecule has 0 aliphatic rings. The number of fused-ring (bicyclic) bond motifs is 1. The Hall–Kier alpha value is -3.02. The van der Waals surface area contributed by atoms with Crippen molar-refractivity contribution in [2.24, 2.45) is 0 Å². The number of nitrogens with one attached hydrogen (secondary N) is 2. The zero-order valence-electron chi connectivity index (χ0n) is 14.4. The summed E-state index contributed by atoms with van der Waals surface area (Å²) in [6, 6.07) is 8.69. The van der Waals surface area contributed by atoms with Gasteiger partial charge >= 0.3 is 0 Å². The molecule has 0 aliphatic heterocycles. The standard InChI is InChI=1S/C19H19FN4O/c1-11-7-12(2)17(13(3)8-11)24-16(25)9-21-19-14-5-4-6-15(20)18(14)22-10-23-19/h4-8,10H,9H2,1-3H3,(H,24,25)(H,21,22,23). The number of halogens is 1. The molecule has 0 atom stereocenters. The number of para-hydroxylation sites is 1. The van der Waals surface area contributed by atoms with E-state index in [0.717, 1.165) is 22.4 Å². The number of carbonyl (C=O) groups excluding carboxylic acids is 1. The second kappa shape index (κ2) is 6.84. The molecule has 1 amide bonds.